The van der Waals surface area contributed by atoms with Gasteiger partial charge in [0, 0.05) is 0 Å². The van der Waals surface area contributed by atoms with Crippen LogP contribution in [0.5, 0.6) is 5.75 Å². The summed E-state index contributed by atoms with van der Waals surface area (Å²) in [7, 11) is 0. The summed E-state index contributed by atoms with van der Waals surface area (Å²) in [6, 6.07) is 15.2. The molecule has 0 unspecified atom stereocenters. The van der Waals surface area contributed by atoms with Gasteiger partial charge in [-0.2, -0.15) is 0 Å². The number of hydrogen-bond donors (Lipinski definition) is 1. The molecule has 26 heavy (non-hydrogen) atoms. The lowest BCUT2D eigenvalue weighted by molar-refractivity contribution is 0.216. The van der Waals surface area contributed by atoms with E-state index in [0.29, 0.717) is 10.6 Å². The molecule has 5 heteroatoms. The molecule has 1 N–H and O–H groups in total. The number of benzene rings is 2. The highest BCUT2D eigenvalue weighted by atomic mass is 79.9. The molecule has 1 heterocycles. The molecule has 1 atom stereocenters. The van der Waals surface area contributed by atoms with Crippen LogP contribution in [-0.2, 0) is 0 Å². The summed E-state index contributed by atoms with van der Waals surface area (Å²) in [6.45, 7) is 8.09. The van der Waals surface area contributed by atoms with Crippen molar-refractivity contribution in [3.63, 3.8) is 0 Å². The SMILES string of the molecule is C=c1[nH]n(-c2ccccc2)c(=O)/c1=C/c1ccc(O[C@@H](C)CC)c(Br)c1. The van der Waals surface area contributed by atoms with Gasteiger partial charge in [-0.25, -0.2) is 4.68 Å². The van der Waals surface area contributed by atoms with E-state index in [1.807, 2.05) is 61.5 Å². The van der Waals surface area contributed by atoms with E-state index in [-0.39, 0.29) is 11.7 Å². The van der Waals surface area contributed by atoms with Crippen LogP contribution >= 0.6 is 15.9 Å². The second-order valence-electron chi connectivity index (χ2n) is 6.15. The van der Waals surface area contributed by atoms with Crippen LogP contribution in [0.1, 0.15) is 25.8 Å². The van der Waals surface area contributed by atoms with E-state index in [2.05, 4.69) is 34.5 Å². The summed E-state index contributed by atoms with van der Waals surface area (Å²) < 4.78 is 8.22. The molecule has 2 aromatic carbocycles. The van der Waals surface area contributed by atoms with E-state index in [0.717, 1.165) is 27.9 Å². The van der Waals surface area contributed by atoms with Gasteiger partial charge in [-0.15, -0.1) is 0 Å². The maximum atomic E-state index is 12.8. The quantitative estimate of drug-likeness (QED) is 0.698. The van der Waals surface area contributed by atoms with Gasteiger partial charge in [-0.3, -0.25) is 9.89 Å². The van der Waals surface area contributed by atoms with Crippen molar-refractivity contribution >= 4 is 28.6 Å². The Labute approximate surface area is 160 Å². The zero-order valence-electron chi connectivity index (χ0n) is 14.8. The van der Waals surface area contributed by atoms with Gasteiger partial charge in [0.15, 0.2) is 0 Å². The zero-order chi connectivity index (χ0) is 18.7. The molecule has 3 rings (SSSR count). The average molecular weight is 413 g/mol. The van der Waals surface area contributed by atoms with Gasteiger partial charge in [0.25, 0.3) is 5.56 Å². The van der Waals surface area contributed by atoms with Crippen LogP contribution in [0.2, 0.25) is 0 Å². The minimum Gasteiger partial charge on any atom is -0.490 e. The van der Waals surface area contributed by atoms with Crippen molar-refractivity contribution in [2.75, 3.05) is 0 Å². The third-order valence-corrected chi connectivity index (χ3v) is 4.81. The summed E-state index contributed by atoms with van der Waals surface area (Å²) in [5.41, 5.74) is 1.55. The molecule has 0 amide bonds. The molecule has 0 bridgehead atoms. The Morgan fingerprint density at radius 2 is 2.00 bits per heavy atom. The van der Waals surface area contributed by atoms with Gasteiger partial charge in [-0.05, 0) is 65.2 Å². The first-order valence-electron chi connectivity index (χ1n) is 8.53. The molecule has 3 aromatic rings. The Bertz CT molecular complexity index is 1070. The van der Waals surface area contributed by atoms with Gasteiger partial charge >= 0.3 is 0 Å². The topological polar surface area (TPSA) is 47.0 Å². The number of hydrogen-bond acceptors (Lipinski definition) is 2. The minimum absolute atomic E-state index is 0.128. The highest BCUT2D eigenvalue weighted by Gasteiger charge is 2.07. The maximum Gasteiger partial charge on any atom is 0.279 e. The molecule has 0 saturated carbocycles. The van der Waals surface area contributed by atoms with E-state index in [1.165, 1.54) is 4.68 Å². The molecule has 1 aromatic heterocycles. The van der Waals surface area contributed by atoms with Gasteiger partial charge in [0.05, 0.1) is 26.8 Å². The summed E-state index contributed by atoms with van der Waals surface area (Å²) in [5.74, 6) is 0.794. The number of ether oxygens (including phenoxy) is 1. The van der Waals surface area contributed by atoms with Crippen LogP contribution in [0.4, 0.5) is 0 Å². The molecule has 0 fully saturated rings. The van der Waals surface area contributed by atoms with Crippen LogP contribution in [0.15, 0.2) is 57.8 Å². The largest absolute Gasteiger partial charge is 0.490 e. The van der Waals surface area contributed by atoms with Gasteiger partial charge in [-0.1, -0.05) is 37.8 Å². The number of halogens is 1. The van der Waals surface area contributed by atoms with E-state index in [9.17, 15) is 4.79 Å². The number of aromatic amines is 1. The lowest BCUT2D eigenvalue weighted by Crippen LogP contribution is -2.33. The third kappa shape index (κ3) is 3.83. The Hall–Kier alpha value is -2.53. The molecule has 0 radical (unpaired) electrons. The van der Waals surface area contributed by atoms with Crippen molar-refractivity contribution in [2.24, 2.45) is 0 Å². The molecule has 0 saturated heterocycles. The second-order valence-corrected chi connectivity index (χ2v) is 7.01. The van der Waals surface area contributed by atoms with Crippen molar-refractivity contribution in [1.82, 2.24) is 9.78 Å². The first-order chi connectivity index (χ1) is 12.5. The van der Waals surface area contributed by atoms with Crippen molar-refractivity contribution in [2.45, 2.75) is 26.4 Å². The van der Waals surface area contributed by atoms with Crippen molar-refractivity contribution < 1.29 is 4.74 Å². The molecule has 0 aliphatic rings. The van der Waals surface area contributed by atoms with E-state index in [1.54, 1.807) is 0 Å². The molecular formula is C21H21BrN2O2. The van der Waals surface area contributed by atoms with Crippen molar-refractivity contribution in [1.29, 1.82) is 0 Å². The summed E-state index contributed by atoms with van der Waals surface area (Å²) in [4.78, 5) is 12.8. The molecular weight excluding hydrogens is 392 g/mol. The maximum absolute atomic E-state index is 12.8. The van der Waals surface area contributed by atoms with Crippen LogP contribution < -0.4 is 20.9 Å². The zero-order valence-corrected chi connectivity index (χ0v) is 16.4. The highest BCUT2D eigenvalue weighted by molar-refractivity contribution is 9.10. The third-order valence-electron chi connectivity index (χ3n) is 4.19. The number of nitrogens with one attached hydrogen (secondary N) is 1. The Morgan fingerprint density at radius 1 is 1.27 bits per heavy atom. The smallest absolute Gasteiger partial charge is 0.279 e. The Morgan fingerprint density at radius 3 is 2.65 bits per heavy atom. The fourth-order valence-corrected chi connectivity index (χ4v) is 3.06. The molecule has 0 aliphatic heterocycles. The lowest BCUT2D eigenvalue weighted by atomic mass is 10.2. The number of H-pyrrole nitrogens is 1. The number of aromatic nitrogens is 2. The Balaban J connectivity index is 2.01. The lowest BCUT2D eigenvalue weighted by Gasteiger charge is -2.14. The summed E-state index contributed by atoms with van der Waals surface area (Å²) in [6.07, 6.45) is 2.92. The standard InChI is InChI=1S/C21H21BrN2O2/c1-4-14(2)26-20-11-10-16(13-19(20)22)12-18-15(3)23-24(21(18)25)17-8-6-5-7-9-17/h5-14,23H,3-4H2,1-2H3/b18-12+/t14-/m0/s1. The van der Waals surface area contributed by atoms with Gasteiger partial charge in [0.1, 0.15) is 5.75 Å². The predicted octanol–water partition coefficient (Wildman–Crippen LogP) is 3.34. The van der Waals surface area contributed by atoms with Crippen LogP contribution in [0, 0.1) is 0 Å². The van der Waals surface area contributed by atoms with Crippen molar-refractivity contribution in [3.05, 3.63) is 79.5 Å². The predicted molar refractivity (Wildman–Crippen MR) is 109 cm³/mol. The van der Waals surface area contributed by atoms with E-state index < -0.39 is 0 Å². The average Bonchev–Trinajstić information content (AvgIpc) is 2.92. The molecule has 0 aliphatic carbocycles. The normalized spacial score (nSPS) is 13.0. The first kappa shape index (κ1) is 18.3. The van der Waals surface area contributed by atoms with Crippen molar-refractivity contribution in [3.8, 4) is 11.4 Å². The highest BCUT2D eigenvalue weighted by Crippen LogP contribution is 2.27. The second kappa shape index (κ2) is 7.79. The van der Waals surface area contributed by atoms with Gasteiger partial charge < -0.3 is 4.74 Å². The summed E-state index contributed by atoms with van der Waals surface area (Å²) >= 11 is 3.55. The molecule has 134 valence electrons. The first-order valence-corrected chi connectivity index (χ1v) is 9.32. The fourth-order valence-electron chi connectivity index (χ4n) is 2.57. The van der Waals surface area contributed by atoms with E-state index in [4.69, 9.17) is 4.74 Å². The van der Waals surface area contributed by atoms with Crippen LogP contribution in [-0.4, -0.2) is 15.9 Å². The minimum atomic E-state index is -0.128. The Kier molecular flexibility index (Phi) is 5.47. The fraction of sp³-hybridized carbons (Fsp3) is 0.190. The number of nitrogens with zero attached hydrogens (tertiary/aromatic N) is 1. The number of para-hydroxylation sites is 1. The monoisotopic (exact) mass is 412 g/mol. The van der Waals surface area contributed by atoms with E-state index >= 15 is 0 Å². The number of rotatable bonds is 5. The van der Waals surface area contributed by atoms with Crippen LogP contribution in [0.3, 0.4) is 0 Å². The molecule has 4 nitrogen and oxygen atoms in total. The van der Waals surface area contributed by atoms with Gasteiger partial charge in [0.2, 0.25) is 0 Å². The summed E-state index contributed by atoms with van der Waals surface area (Å²) in [5, 5.41) is 4.15. The van der Waals surface area contributed by atoms with Crippen LogP contribution in [0.25, 0.3) is 18.3 Å². The molecule has 0 spiro atoms.